The molecule has 1 aliphatic rings. The summed E-state index contributed by atoms with van der Waals surface area (Å²) in [6.07, 6.45) is -3.52. The van der Waals surface area contributed by atoms with Crippen LogP contribution in [-0.4, -0.2) is 49.1 Å². The maximum atomic E-state index is 12.7. The van der Waals surface area contributed by atoms with Gasteiger partial charge in [0.1, 0.15) is 24.6 Å². The Kier molecular flexibility index (Phi) is 9.33. The minimum absolute atomic E-state index is 0.0136. The molecule has 0 bridgehead atoms. The molecule has 1 aliphatic heterocycles. The second kappa shape index (κ2) is 12.9. The molecule has 0 unspecified atom stereocenters. The van der Waals surface area contributed by atoms with E-state index in [4.69, 9.17) is 10.7 Å². The van der Waals surface area contributed by atoms with Crippen LogP contribution in [0.5, 0.6) is 5.75 Å². The second-order valence-corrected chi connectivity index (χ2v) is 10.3. The Balaban J connectivity index is 1.39. The molecule has 0 spiro atoms. The van der Waals surface area contributed by atoms with Gasteiger partial charge >= 0.3 is 6.36 Å². The molecule has 1 amide bonds. The first-order chi connectivity index (χ1) is 19.5. The number of rotatable bonds is 9. The highest BCUT2D eigenvalue weighted by atomic mass is 32.2. The van der Waals surface area contributed by atoms with Gasteiger partial charge in [-0.1, -0.05) is 43.8 Å². The number of aliphatic imine (C=N–C) groups is 3. The number of carbonyl (C=O) groups is 1. The fraction of sp³-hybridized carbons (Fsp3) is 0.241. The van der Waals surface area contributed by atoms with Crippen LogP contribution in [0.15, 0.2) is 87.8 Å². The van der Waals surface area contributed by atoms with Gasteiger partial charge in [0, 0.05) is 18.3 Å². The number of halogens is 3. The molecule has 12 heteroatoms. The molecule has 0 aliphatic carbocycles. The van der Waals surface area contributed by atoms with Crippen molar-refractivity contribution in [3.8, 4) is 5.75 Å². The lowest BCUT2D eigenvalue weighted by molar-refractivity contribution is -0.274. The van der Waals surface area contributed by atoms with Gasteiger partial charge in [0.05, 0.1) is 17.1 Å². The topological polar surface area (TPSA) is 95.9 Å². The van der Waals surface area contributed by atoms with Crippen molar-refractivity contribution in [1.29, 1.82) is 0 Å². The fourth-order valence-electron chi connectivity index (χ4n) is 4.00. The summed E-state index contributed by atoms with van der Waals surface area (Å²) >= 11 is 1.43. The van der Waals surface area contributed by atoms with Crippen molar-refractivity contribution >= 4 is 52.1 Å². The summed E-state index contributed by atoms with van der Waals surface area (Å²) in [7, 11) is 1.90. The van der Waals surface area contributed by atoms with Gasteiger partial charge in [-0.15, -0.1) is 13.2 Å². The average molecular weight is 583 g/mol. The number of alkyl halides is 3. The highest BCUT2D eigenvalue weighted by molar-refractivity contribution is 8.15. The van der Waals surface area contributed by atoms with Crippen LogP contribution >= 0.6 is 11.8 Å². The SMILES string of the molecule is CC(C)c1ccccc1N1C(=O)CS/C1=N\CN(C)c1ccc(C(N)=NC=Nc2ccc(OC(F)(F)F)cc2)cc1. The summed E-state index contributed by atoms with van der Waals surface area (Å²) in [5.74, 6) is 0.520. The van der Waals surface area contributed by atoms with Gasteiger partial charge in [0.15, 0.2) is 5.17 Å². The van der Waals surface area contributed by atoms with Gasteiger partial charge < -0.3 is 15.4 Å². The molecule has 3 aromatic rings. The second-order valence-electron chi connectivity index (χ2n) is 9.36. The number of ether oxygens (including phenoxy) is 1. The van der Waals surface area contributed by atoms with E-state index in [2.05, 4.69) is 28.6 Å². The number of nitrogens with zero attached hydrogens (tertiary/aromatic N) is 5. The van der Waals surface area contributed by atoms with Crippen LogP contribution in [0.1, 0.15) is 30.9 Å². The average Bonchev–Trinajstić information content (AvgIpc) is 3.31. The first-order valence-electron chi connectivity index (χ1n) is 12.6. The van der Waals surface area contributed by atoms with Gasteiger partial charge in [-0.25, -0.2) is 15.0 Å². The van der Waals surface area contributed by atoms with E-state index < -0.39 is 6.36 Å². The Morgan fingerprint density at radius 3 is 2.44 bits per heavy atom. The number of amides is 1. The third kappa shape index (κ3) is 7.88. The minimum atomic E-state index is -4.75. The summed E-state index contributed by atoms with van der Waals surface area (Å²) < 4.78 is 40.7. The van der Waals surface area contributed by atoms with Gasteiger partial charge in [-0.2, -0.15) is 0 Å². The standard InChI is InChI=1S/C29H29F3N6O2S/c1-19(2)24-6-4-5-7-25(24)38-26(39)16-41-28(38)36-18-37(3)22-12-8-20(9-13-22)27(33)35-17-34-21-10-14-23(15-11-21)40-29(30,31)32/h4-15,17,19H,16,18H2,1-3H3,(H2,33,34,35)/b36-28-. The lowest BCUT2D eigenvalue weighted by Crippen LogP contribution is -2.31. The Bertz CT molecular complexity index is 1450. The molecule has 2 N–H and O–H groups in total. The normalized spacial score (nSPS) is 15.4. The number of benzene rings is 3. The van der Waals surface area contributed by atoms with E-state index >= 15 is 0 Å². The van der Waals surface area contributed by atoms with Crippen molar-refractivity contribution in [2.75, 3.05) is 29.3 Å². The Morgan fingerprint density at radius 2 is 1.78 bits per heavy atom. The van der Waals surface area contributed by atoms with Crippen LogP contribution in [0, 0.1) is 0 Å². The van der Waals surface area contributed by atoms with Crippen molar-refractivity contribution in [3.05, 3.63) is 83.9 Å². The predicted molar refractivity (Wildman–Crippen MR) is 160 cm³/mol. The monoisotopic (exact) mass is 582 g/mol. The number of hydrogen-bond acceptors (Lipinski definition) is 6. The summed E-state index contributed by atoms with van der Waals surface area (Å²) in [6.45, 7) is 4.55. The van der Waals surface area contributed by atoms with Crippen molar-refractivity contribution in [3.63, 3.8) is 0 Å². The minimum Gasteiger partial charge on any atom is -0.406 e. The maximum Gasteiger partial charge on any atom is 0.573 e. The molecule has 0 aromatic heterocycles. The zero-order chi connectivity index (χ0) is 29.6. The molecule has 1 fully saturated rings. The maximum absolute atomic E-state index is 12.7. The first kappa shape index (κ1) is 29.7. The third-order valence-electron chi connectivity index (χ3n) is 6.06. The number of thioether (sulfide) groups is 1. The fourth-order valence-corrected chi connectivity index (χ4v) is 4.86. The van der Waals surface area contributed by atoms with Crippen molar-refractivity contribution in [1.82, 2.24) is 0 Å². The number of amidine groups is 2. The number of anilines is 2. The molecule has 1 heterocycles. The van der Waals surface area contributed by atoms with Crippen LogP contribution in [-0.2, 0) is 4.79 Å². The highest BCUT2D eigenvalue weighted by Gasteiger charge is 2.32. The zero-order valence-electron chi connectivity index (χ0n) is 22.7. The predicted octanol–water partition coefficient (Wildman–Crippen LogP) is 6.30. The molecule has 1 saturated heterocycles. The molecule has 0 atom stereocenters. The lowest BCUT2D eigenvalue weighted by Gasteiger charge is -2.23. The quantitative estimate of drug-likeness (QED) is 0.236. The van der Waals surface area contributed by atoms with Gasteiger partial charge in [0.25, 0.3) is 0 Å². The molecule has 0 saturated carbocycles. The van der Waals surface area contributed by atoms with Gasteiger partial charge in [-0.05, 0) is 66.1 Å². The van der Waals surface area contributed by atoms with Gasteiger partial charge in [0.2, 0.25) is 5.91 Å². The van der Waals surface area contributed by atoms with Crippen LogP contribution < -0.4 is 20.3 Å². The summed E-state index contributed by atoms with van der Waals surface area (Å²) in [4.78, 5) is 29.3. The summed E-state index contributed by atoms with van der Waals surface area (Å²) in [5, 5.41) is 0.671. The third-order valence-corrected chi connectivity index (χ3v) is 7.02. The van der Waals surface area contributed by atoms with Gasteiger partial charge in [-0.3, -0.25) is 9.69 Å². The molecule has 214 valence electrons. The number of carbonyl (C=O) groups excluding carboxylic acids is 1. The first-order valence-corrected chi connectivity index (χ1v) is 13.6. The van der Waals surface area contributed by atoms with E-state index in [1.54, 1.807) is 4.90 Å². The van der Waals surface area contributed by atoms with E-state index in [1.807, 2.05) is 60.5 Å². The molecule has 0 radical (unpaired) electrons. The van der Waals surface area contributed by atoms with E-state index in [1.165, 1.54) is 42.4 Å². The molecule has 41 heavy (non-hydrogen) atoms. The van der Waals surface area contributed by atoms with Crippen molar-refractivity contribution in [2.45, 2.75) is 26.1 Å². The van der Waals surface area contributed by atoms with E-state index in [9.17, 15) is 18.0 Å². The van der Waals surface area contributed by atoms with Crippen LogP contribution in [0.2, 0.25) is 0 Å². The molecular formula is C29H29F3N6O2S. The lowest BCUT2D eigenvalue weighted by atomic mass is 10.0. The summed E-state index contributed by atoms with van der Waals surface area (Å²) in [6, 6.07) is 20.4. The highest BCUT2D eigenvalue weighted by Crippen LogP contribution is 2.33. The number of nitrogens with two attached hydrogens (primary N) is 1. The van der Waals surface area contributed by atoms with Crippen molar-refractivity contribution in [2.24, 2.45) is 20.7 Å². The Morgan fingerprint density at radius 1 is 1.10 bits per heavy atom. The smallest absolute Gasteiger partial charge is 0.406 e. The van der Waals surface area contributed by atoms with Crippen LogP contribution in [0.4, 0.5) is 30.2 Å². The Labute approximate surface area is 240 Å². The zero-order valence-corrected chi connectivity index (χ0v) is 23.5. The number of para-hydroxylation sites is 1. The number of hydrogen-bond donors (Lipinski definition) is 1. The van der Waals surface area contributed by atoms with Crippen LogP contribution in [0.25, 0.3) is 0 Å². The summed E-state index contributed by atoms with van der Waals surface area (Å²) in [5.41, 5.74) is 9.99. The molecular weight excluding hydrogens is 553 g/mol. The van der Waals surface area contributed by atoms with E-state index in [0.717, 1.165) is 16.9 Å². The van der Waals surface area contributed by atoms with Crippen molar-refractivity contribution < 1.29 is 22.7 Å². The van der Waals surface area contributed by atoms with Crippen LogP contribution in [0.3, 0.4) is 0 Å². The largest absolute Gasteiger partial charge is 0.573 e. The van der Waals surface area contributed by atoms with E-state index in [0.29, 0.717) is 28.8 Å². The molecule has 4 rings (SSSR count). The molecule has 3 aromatic carbocycles. The molecule has 8 nitrogen and oxygen atoms in total. The Hall–Kier alpha value is -4.32. The van der Waals surface area contributed by atoms with E-state index in [-0.39, 0.29) is 23.4 Å².